The minimum atomic E-state index is 0.0100. The third-order valence-corrected chi connectivity index (χ3v) is 4.25. The average Bonchev–Trinajstić information content (AvgIpc) is 2.72. The highest BCUT2D eigenvalue weighted by atomic mass is 79.9. The maximum atomic E-state index is 11.9. The van der Waals surface area contributed by atoms with Crippen molar-refractivity contribution in [2.75, 3.05) is 0 Å². The molecule has 2 aromatic rings. The van der Waals surface area contributed by atoms with Crippen molar-refractivity contribution in [1.29, 1.82) is 0 Å². The molecular formula is C13H8Br2OS. The smallest absolute Gasteiger partial charge is 0.185 e. The maximum Gasteiger partial charge on any atom is 0.185 e. The quantitative estimate of drug-likeness (QED) is 0.537. The second-order valence-electron chi connectivity index (χ2n) is 3.38. The molecule has 0 radical (unpaired) electrons. The van der Waals surface area contributed by atoms with E-state index in [9.17, 15) is 4.79 Å². The second-order valence-corrected chi connectivity index (χ2v) is 6.15. The Morgan fingerprint density at radius 3 is 2.65 bits per heavy atom. The normalized spacial score (nSPS) is 10.9. The summed E-state index contributed by atoms with van der Waals surface area (Å²) in [4.78, 5) is 12.9. The zero-order valence-electron chi connectivity index (χ0n) is 8.69. The lowest BCUT2D eigenvalue weighted by atomic mass is 10.1. The highest BCUT2D eigenvalue weighted by molar-refractivity contribution is 9.10. The van der Waals surface area contributed by atoms with Gasteiger partial charge in [0.05, 0.1) is 0 Å². The van der Waals surface area contributed by atoms with Crippen LogP contribution in [0, 0.1) is 0 Å². The number of benzene rings is 1. The van der Waals surface area contributed by atoms with Crippen LogP contribution in [0.25, 0.3) is 6.08 Å². The highest BCUT2D eigenvalue weighted by Gasteiger charge is 2.02. The van der Waals surface area contributed by atoms with Crippen molar-refractivity contribution < 1.29 is 4.79 Å². The number of ketones is 1. The zero-order chi connectivity index (χ0) is 12.3. The van der Waals surface area contributed by atoms with E-state index in [-0.39, 0.29) is 5.78 Å². The van der Waals surface area contributed by atoms with E-state index in [0.717, 1.165) is 13.8 Å². The number of hydrogen-bond acceptors (Lipinski definition) is 2. The average molecular weight is 372 g/mol. The van der Waals surface area contributed by atoms with Crippen molar-refractivity contribution in [1.82, 2.24) is 0 Å². The van der Waals surface area contributed by atoms with E-state index in [1.165, 1.54) is 0 Å². The molecule has 86 valence electrons. The first-order valence-electron chi connectivity index (χ1n) is 4.87. The number of rotatable bonds is 3. The minimum Gasteiger partial charge on any atom is -0.289 e. The lowest BCUT2D eigenvalue weighted by Gasteiger charge is -1.95. The molecule has 0 aliphatic rings. The molecule has 0 aliphatic heterocycles. The fourth-order valence-electron chi connectivity index (χ4n) is 1.31. The molecule has 0 saturated heterocycles. The molecule has 0 unspecified atom stereocenters. The molecule has 0 amide bonds. The molecule has 0 bridgehead atoms. The van der Waals surface area contributed by atoms with Gasteiger partial charge in [-0.25, -0.2) is 0 Å². The van der Waals surface area contributed by atoms with Crippen LogP contribution >= 0.6 is 43.2 Å². The summed E-state index contributed by atoms with van der Waals surface area (Å²) >= 11 is 8.32. The molecule has 1 nitrogen and oxygen atoms in total. The van der Waals surface area contributed by atoms with Gasteiger partial charge in [-0.1, -0.05) is 28.1 Å². The van der Waals surface area contributed by atoms with Crippen molar-refractivity contribution in [3.63, 3.8) is 0 Å². The Hall–Kier alpha value is -0.710. The molecule has 0 spiro atoms. The van der Waals surface area contributed by atoms with E-state index in [2.05, 4.69) is 31.9 Å². The summed E-state index contributed by atoms with van der Waals surface area (Å²) < 4.78 is 1.95. The summed E-state index contributed by atoms with van der Waals surface area (Å²) in [5.74, 6) is 0.0100. The van der Waals surface area contributed by atoms with Gasteiger partial charge in [0.15, 0.2) is 5.78 Å². The van der Waals surface area contributed by atoms with Gasteiger partial charge in [0.1, 0.15) is 0 Å². The van der Waals surface area contributed by atoms with Crippen LogP contribution in [0.2, 0.25) is 0 Å². The Morgan fingerprint density at radius 2 is 2.00 bits per heavy atom. The molecule has 0 aliphatic carbocycles. The topological polar surface area (TPSA) is 17.1 Å². The van der Waals surface area contributed by atoms with Crippen LogP contribution in [0.15, 0.2) is 50.7 Å². The van der Waals surface area contributed by atoms with Crippen molar-refractivity contribution in [2.24, 2.45) is 0 Å². The number of hydrogen-bond donors (Lipinski definition) is 0. The lowest BCUT2D eigenvalue weighted by Crippen LogP contribution is -1.92. The van der Waals surface area contributed by atoms with Crippen LogP contribution in [-0.4, -0.2) is 5.78 Å². The molecule has 0 fully saturated rings. The second kappa shape index (κ2) is 5.76. The van der Waals surface area contributed by atoms with Crippen LogP contribution in [0.3, 0.4) is 0 Å². The maximum absolute atomic E-state index is 11.9. The summed E-state index contributed by atoms with van der Waals surface area (Å²) in [5, 5.41) is 1.99. The van der Waals surface area contributed by atoms with Crippen molar-refractivity contribution in [3.8, 4) is 0 Å². The largest absolute Gasteiger partial charge is 0.289 e. The summed E-state index contributed by atoms with van der Waals surface area (Å²) in [6.07, 6.45) is 3.43. The molecule has 17 heavy (non-hydrogen) atoms. The number of carbonyl (C=O) groups is 1. The lowest BCUT2D eigenvalue weighted by molar-refractivity contribution is 0.104. The van der Waals surface area contributed by atoms with Crippen LogP contribution < -0.4 is 0 Å². The van der Waals surface area contributed by atoms with E-state index in [0.29, 0.717) is 5.56 Å². The van der Waals surface area contributed by atoms with Crippen molar-refractivity contribution in [3.05, 3.63) is 61.2 Å². The summed E-state index contributed by atoms with van der Waals surface area (Å²) in [6, 6.07) is 9.36. The highest BCUT2D eigenvalue weighted by Crippen LogP contribution is 2.21. The molecule has 2 rings (SSSR count). The van der Waals surface area contributed by atoms with E-state index in [4.69, 9.17) is 0 Å². The summed E-state index contributed by atoms with van der Waals surface area (Å²) in [5.41, 5.74) is 0.686. The number of carbonyl (C=O) groups excluding carboxylic acids is 1. The molecule has 0 saturated carbocycles. The Morgan fingerprint density at radius 1 is 1.18 bits per heavy atom. The van der Waals surface area contributed by atoms with Crippen molar-refractivity contribution >= 4 is 55.1 Å². The zero-order valence-corrected chi connectivity index (χ0v) is 12.7. The Balaban J connectivity index is 2.14. The van der Waals surface area contributed by atoms with Gasteiger partial charge >= 0.3 is 0 Å². The Labute approximate surface area is 120 Å². The predicted octanol–water partition coefficient (Wildman–Crippen LogP) is 5.17. The molecule has 1 heterocycles. The van der Waals surface area contributed by atoms with Crippen molar-refractivity contribution in [2.45, 2.75) is 0 Å². The third-order valence-electron chi connectivity index (χ3n) is 2.10. The number of halogens is 2. The third kappa shape index (κ3) is 3.63. The standard InChI is InChI=1S/C13H8Br2OS/c14-10-3-1-2-9(6-10)13(16)5-4-12-7-11(15)8-17-12/h1-8H/b5-4+. The van der Waals surface area contributed by atoms with Crippen LogP contribution in [0.4, 0.5) is 0 Å². The molecular weight excluding hydrogens is 364 g/mol. The molecule has 4 heteroatoms. The van der Waals surface area contributed by atoms with Gasteiger partial charge in [-0.15, -0.1) is 11.3 Å². The molecule has 1 aromatic carbocycles. The fraction of sp³-hybridized carbons (Fsp3) is 0. The van der Waals surface area contributed by atoms with Gasteiger partial charge < -0.3 is 0 Å². The van der Waals surface area contributed by atoms with Crippen LogP contribution in [0.1, 0.15) is 15.2 Å². The molecule has 0 N–H and O–H groups in total. The number of thiophene rings is 1. The van der Waals surface area contributed by atoms with Gasteiger partial charge in [0.25, 0.3) is 0 Å². The number of allylic oxidation sites excluding steroid dienone is 1. The first-order chi connectivity index (χ1) is 8.15. The van der Waals surface area contributed by atoms with Gasteiger partial charge in [0, 0.05) is 24.8 Å². The monoisotopic (exact) mass is 370 g/mol. The molecule has 1 aromatic heterocycles. The van der Waals surface area contributed by atoms with Crippen LogP contribution in [0.5, 0.6) is 0 Å². The Kier molecular flexibility index (Phi) is 4.31. The first kappa shape index (κ1) is 12.7. The fourth-order valence-corrected chi connectivity index (χ4v) is 3.05. The SMILES string of the molecule is O=C(/C=C/c1cc(Br)cs1)c1cccc(Br)c1. The van der Waals surface area contributed by atoms with Gasteiger partial charge in [-0.2, -0.15) is 0 Å². The Bertz CT molecular complexity index is 572. The summed E-state index contributed by atoms with van der Waals surface area (Å²) in [7, 11) is 0. The first-order valence-corrected chi connectivity index (χ1v) is 7.34. The van der Waals surface area contributed by atoms with Gasteiger partial charge in [-0.05, 0) is 46.3 Å². The van der Waals surface area contributed by atoms with Crippen LogP contribution in [-0.2, 0) is 0 Å². The van der Waals surface area contributed by atoms with Gasteiger partial charge in [-0.3, -0.25) is 4.79 Å². The van der Waals surface area contributed by atoms with E-state index in [1.54, 1.807) is 17.4 Å². The summed E-state index contributed by atoms with van der Waals surface area (Å²) in [6.45, 7) is 0. The van der Waals surface area contributed by atoms with E-state index >= 15 is 0 Å². The van der Waals surface area contributed by atoms with E-state index < -0.39 is 0 Å². The van der Waals surface area contributed by atoms with Gasteiger partial charge in [0.2, 0.25) is 0 Å². The predicted molar refractivity (Wildman–Crippen MR) is 79.5 cm³/mol. The minimum absolute atomic E-state index is 0.0100. The van der Waals surface area contributed by atoms with E-state index in [1.807, 2.05) is 41.8 Å². The molecule has 0 atom stereocenters.